The molecule has 3 rings (SSSR count). The molecule has 10 heteroatoms. The van der Waals surface area contributed by atoms with Crippen molar-refractivity contribution in [1.29, 1.82) is 0 Å². The van der Waals surface area contributed by atoms with Crippen LogP contribution in [0.2, 0.25) is 0 Å². The molecule has 8 nitrogen and oxygen atoms in total. The Morgan fingerprint density at radius 1 is 0.769 bits per heavy atom. The zero-order chi connectivity index (χ0) is 19.1. The zero-order valence-corrected chi connectivity index (χ0v) is 17.1. The number of rotatable bonds is 4. The van der Waals surface area contributed by atoms with Gasteiger partial charge in [0.05, 0.1) is 26.4 Å². The molecule has 26 heavy (non-hydrogen) atoms. The van der Waals surface area contributed by atoms with Crippen molar-refractivity contribution >= 4 is 15.6 Å². The molecule has 1 aromatic carbocycles. The van der Waals surface area contributed by atoms with Gasteiger partial charge in [0.25, 0.3) is 0 Å². The van der Waals surface area contributed by atoms with Crippen molar-refractivity contribution in [3.63, 3.8) is 0 Å². The molecule has 2 aliphatic rings. The van der Waals surface area contributed by atoms with E-state index in [4.69, 9.17) is 27.1 Å². The van der Waals surface area contributed by atoms with Crippen molar-refractivity contribution in [1.82, 2.24) is 0 Å². The molecule has 0 spiro atoms. The lowest BCUT2D eigenvalue weighted by Gasteiger charge is -2.33. The minimum Gasteiger partial charge on any atom is -0.404 e. The molecule has 0 N–H and O–H groups in total. The Balaban J connectivity index is 1.66. The van der Waals surface area contributed by atoms with E-state index < -0.39 is 15.6 Å². The highest BCUT2D eigenvalue weighted by Crippen LogP contribution is 2.56. The van der Waals surface area contributed by atoms with Crippen molar-refractivity contribution in [2.45, 2.75) is 27.7 Å². The van der Waals surface area contributed by atoms with Crippen LogP contribution >= 0.6 is 15.6 Å². The summed E-state index contributed by atoms with van der Waals surface area (Å²) in [5.74, 6) is 0.406. The third-order valence-electron chi connectivity index (χ3n) is 3.69. The van der Waals surface area contributed by atoms with Crippen LogP contribution in [0.1, 0.15) is 27.7 Å². The van der Waals surface area contributed by atoms with E-state index in [-0.39, 0.29) is 48.8 Å². The fourth-order valence-electron chi connectivity index (χ4n) is 2.12. The summed E-state index contributed by atoms with van der Waals surface area (Å²) in [6.45, 7) is 8.78. The lowest BCUT2D eigenvalue weighted by atomic mass is 9.97. The molecule has 0 atom stereocenters. The van der Waals surface area contributed by atoms with Gasteiger partial charge >= 0.3 is 15.6 Å². The molecular formula is C16H24O8P2. The van der Waals surface area contributed by atoms with Gasteiger partial charge in [0.15, 0.2) is 0 Å². The molecule has 0 radical (unpaired) electrons. The molecule has 2 aliphatic heterocycles. The summed E-state index contributed by atoms with van der Waals surface area (Å²) >= 11 is 0. The Bertz CT molecular complexity index is 673. The largest absolute Gasteiger partial charge is 0.530 e. The van der Waals surface area contributed by atoms with E-state index >= 15 is 0 Å². The van der Waals surface area contributed by atoms with Gasteiger partial charge in [-0.15, -0.1) is 0 Å². The second kappa shape index (κ2) is 6.93. The molecule has 2 saturated heterocycles. The number of hydrogen-bond donors (Lipinski definition) is 0. The van der Waals surface area contributed by atoms with Crippen LogP contribution in [0.3, 0.4) is 0 Å². The Morgan fingerprint density at radius 3 is 1.46 bits per heavy atom. The minimum absolute atomic E-state index is 0.203. The number of hydrogen-bond acceptors (Lipinski definition) is 8. The number of benzene rings is 1. The average molecular weight is 406 g/mol. The Hall–Kier alpha value is -0.880. The zero-order valence-electron chi connectivity index (χ0n) is 15.3. The normalized spacial score (nSPS) is 26.0. The van der Waals surface area contributed by atoms with Crippen LogP contribution in [0, 0.1) is 10.8 Å². The number of phosphoric acid groups is 2. The minimum atomic E-state index is -3.70. The topological polar surface area (TPSA) is 89.5 Å². The predicted octanol–water partition coefficient (Wildman–Crippen LogP) is 4.81. The average Bonchev–Trinajstić information content (AvgIpc) is 2.55. The van der Waals surface area contributed by atoms with E-state index in [1.54, 1.807) is 18.2 Å². The van der Waals surface area contributed by atoms with Gasteiger partial charge < -0.3 is 9.05 Å². The molecule has 0 bridgehead atoms. The Morgan fingerprint density at radius 2 is 1.12 bits per heavy atom. The first-order chi connectivity index (χ1) is 12.0. The molecule has 0 unspecified atom stereocenters. The standard InChI is InChI=1S/C16H24O8P2/c1-15(2)9-19-25(17,20-10-15)23-13-6-5-7-14(8-13)24-26(18)21-11-16(3,4)12-22-26/h5-8H,9-12H2,1-4H3. The van der Waals surface area contributed by atoms with Gasteiger partial charge in [-0.3, -0.25) is 18.1 Å². The maximum atomic E-state index is 12.5. The summed E-state index contributed by atoms with van der Waals surface area (Å²) in [5, 5.41) is 0. The summed E-state index contributed by atoms with van der Waals surface area (Å²) in [4.78, 5) is 0. The first kappa shape index (κ1) is 19.9. The maximum Gasteiger partial charge on any atom is 0.530 e. The maximum absolute atomic E-state index is 12.5. The summed E-state index contributed by atoms with van der Waals surface area (Å²) in [6.07, 6.45) is 0. The fourth-order valence-corrected chi connectivity index (χ4v) is 5.26. The highest BCUT2D eigenvalue weighted by molar-refractivity contribution is 7.49. The van der Waals surface area contributed by atoms with E-state index in [0.717, 1.165) is 0 Å². The first-order valence-corrected chi connectivity index (χ1v) is 11.2. The molecule has 0 aliphatic carbocycles. The smallest absolute Gasteiger partial charge is 0.404 e. The molecule has 0 amide bonds. The van der Waals surface area contributed by atoms with Gasteiger partial charge in [-0.05, 0) is 12.1 Å². The molecule has 0 saturated carbocycles. The highest BCUT2D eigenvalue weighted by atomic mass is 31.2. The van der Waals surface area contributed by atoms with Crippen molar-refractivity contribution in [2.75, 3.05) is 26.4 Å². The van der Waals surface area contributed by atoms with Gasteiger partial charge in [-0.2, -0.15) is 0 Å². The van der Waals surface area contributed by atoms with Crippen LogP contribution in [0.15, 0.2) is 24.3 Å². The molecule has 2 heterocycles. The monoisotopic (exact) mass is 406 g/mol. The van der Waals surface area contributed by atoms with Crippen LogP contribution in [-0.4, -0.2) is 26.4 Å². The Kier molecular flexibility index (Phi) is 5.30. The van der Waals surface area contributed by atoms with Gasteiger partial charge in [-0.25, -0.2) is 9.13 Å². The third kappa shape index (κ3) is 5.10. The van der Waals surface area contributed by atoms with Crippen LogP contribution in [0.5, 0.6) is 11.5 Å². The quantitative estimate of drug-likeness (QED) is 0.659. The van der Waals surface area contributed by atoms with Crippen LogP contribution in [0.4, 0.5) is 0 Å². The van der Waals surface area contributed by atoms with Crippen molar-refractivity contribution in [2.24, 2.45) is 10.8 Å². The van der Waals surface area contributed by atoms with Crippen LogP contribution in [-0.2, 0) is 27.2 Å². The van der Waals surface area contributed by atoms with Crippen LogP contribution in [0.25, 0.3) is 0 Å². The molecular weight excluding hydrogens is 382 g/mol. The van der Waals surface area contributed by atoms with Gasteiger partial charge in [0.2, 0.25) is 0 Å². The summed E-state index contributed by atoms with van der Waals surface area (Å²) in [7, 11) is -7.40. The van der Waals surface area contributed by atoms with Gasteiger partial charge in [-0.1, -0.05) is 33.8 Å². The van der Waals surface area contributed by atoms with E-state index in [9.17, 15) is 9.13 Å². The molecule has 2 fully saturated rings. The van der Waals surface area contributed by atoms with E-state index in [1.165, 1.54) is 6.07 Å². The molecule has 0 aromatic heterocycles. The molecule has 146 valence electrons. The van der Waals surface area contributed by atoms with E-state index in [2.05, 4.69) is 0 Å². The van der Waals surface area contributed by atoms with Crippen molar-refractivity contribution in [3.8, 4) is 11.5 Å². The third-order valence-corrected chi connectivity index (χ3v) is 6.34. The van der Waals surface area contributed by atoms with Crippen LogP contribution < -0.4 is 9.05 Å². The Labute approximate surface area is 153 Å². The lowest BCUT2D eigenvalue weighted by molar-refractivity contribution is 0.0176. The fraction of sp³-hybridized carbons (Fsp3) is 0.625. The van der Waals surface area contributed by atoms with Gasteiger partial charge in [0.1, 0.15) is 11.5 Å². The van der Waals surface area contributed by atoms with Crippen molar-refractivity contribution < 1.29 is 36.3 Å². The number of phosphoric ester groups is 2. The second-order valence-corrected chi connectivity index (χ2v) is 11.2. The first-order valence-electron chi connectivity index (χ1n) is 8.26. The summed E-state index contributed by atoms with van der Waals surface area (Å²) in [5.41, 5.74) is -0.462. The van der Waals surface area contributed by atoms with E-state index in [0.29, 0.717) is 0 Å². The SMILES string of the molecule is CC1(C)COP(=O)(Oc2cccc(OP3(=O)OCC(C)(C)CO3)c2)OC1. The van der Waals surface area contributed by atoms with Crippen molar-refractivity contribution in [3.05, 3.63) is 24.3 Å². The molecule has 1 aromatic rings. The highest BCUT2D eigenvalue weighted by Gasteiger charge is 2.41. The summed E-state index contributed by atoms with van der Waals surface area (Å²) in [6, 6.07) is 6.17. The lowest BCUT2D eigenvalue weighted by Crippen LogP contribution is -2.30. The second-order valence-electron chi connectivity index (χ2n) is 7.97. The summed E-state index contributed by atoms with van der Waals surface area (Å²) < 4.78 is 56.9. The van der Waals surface area contributed by atoms with Gasteiger partial charge in [0, 0.05) is 16.9 Å². The predicted molar refractivity (Wildman–Crippen MR) is 94.3 cm³/mol. The van der Waals surface area contributed by atoms with E-state index in [1.807, 2.05) is 27.7 Å².